The molecule has 0 radical (unpaired) electrons. The lowest BCUT2D eigenvalue weighted by atomic mass is 10.2. The second-order valence-electron chi connectivity index (χ2n) is 9.33. The maximum absolute atomic E-state index is 12.3. The molecule has 0 N–H and O–H groups in total. The van der Waals surface area contributed by atoms with Crippen LogP contribution in [0.25, 0.3) is 0 Å². The Morgan fingerprint density at radius 3 is 2.17 bits per heavy atom. The molecule has 0 amide bonds. The standard InChI is InChI=1S/C17H35NO4SSi/c1-15(2,3)23(19)18-11-13(14-12-20-17(7,8)21-14)22-24(9,10)16(4,5)6/h11,13-14H,12H2,1-10H3/b18-11+/t13-,14-,23+/m0/s1. The van der Waals surface area contributed by atoms with Gasteiger partial charge in [-0.05, 0) is 52.8 Å². The molecule has 1 heterocycles. The fourth-order valence-corrected chi connectivity index (χ4v) is 3.66. The summed E-state index contributed by atoms with van der Waals surface area (Å²) < 4.78 is 34.3. The molecule has 142 valence electrons. The Kier molecular flexibility index (Phi) is 6.65. The van der Waals surface area contributed by atoms with Crippen LogP contribution in [0.2, 0.25) is 18.1 Å². The largest absolute Gasteiger partial charge is 0.406 e. The first-order chi connectivity index (χ1) is 10.6. The average molecular weight is 378 g/mol. The molecule has 1 aliphatic rings. The van der Waals surface area contributed by atoms with Crippen molar-refractivity contribution in [3.05, 3.63) is 0 Å². The van der Waals surface area contributed by atoms with E-state index >= 15 is 0 Å². The zero-order chi connectivity index (χ0) is 19.0. The molecule has 0 unspecified atom stereocenters. The van der Waals surface area contributed by atoms with Gasteiger partial charge in [-0.15, -0.1) is 0 Å². The normalized spacial score (nSPS) is 25.2. The quantitative estimate of drug-likeness (QED) is 0.535. The van der Waals surface area contributed by atoms with E-state index in [1.165, 1.54) is 0 Å². The van der Waals surface area contributed by atoms with Gasteiger partial charge in [0.05, 0.1) is 11.4 Å². The van der Waals surface area contributed by atoms with Gasteiger partial charge in [0, 0.05) is 6.21 Å². The zero-order valence-corrected chi connectivity index (χ0v) is 18.7. The van der Waals surface area contributed by atoms with Gasteiger partial charge in [-0.3, -0.25) is 0 Å². The minimum absolute atomic E-state index is 0.0667. The number of ether oxygens (including phenoxy) is 2. The SMILES string of the molecule is CC1(C)OC[C@@H]([C@H](/C=N/[S@](=O)C(C)(C)C)O[Si](C)(C)C(C)(C)C)O1. The topological polar surface area (TPSA) is 57.1 Å². The van der Waals surface area contributed by atoms with E-state index < -0.39 is 29.8 Å². The fourth-order valence-electron chi connectivity index (χ4n) is 1.87. The highest BCUT2D eigenvalue weighted by Gasteiger charge is 2.44. The molecule has 0 aromatic carbocycles. The predicted octanol–water partition coefficient (Wildman–Crippen LogP) is 4.06. The zero-order valence-electron chi connectivity index (χ0n) is 16.9. The van der Waals surface area contributed by atoms with Crippen LogP contribution in [0.5, 0.6) is 0 Å². The van der Waals surface area contributed by atoms with Crippen LogP contribution in [-0.4, -0.2) is 48.1 Å². The Morgan fingerprint density at radius 1 is 1.25 bits per heavy atom. The molecule has 0 spiro atoms. The molecular weight excluding hydrogens is 342 g/mol. The monoisotopic (exact) mass is 377 g/mol. The summed E-state index contributed by atoms with van der Waals surface area (Å²) in [5.74, 6) is -0.628. The van der Waals surface area contributed by atoms with E-state index in [-0.39, 0.29) is 17.2 Å². The Balaban J connectivity index is 3.01. The molecule has 5 nitrogen and oxygen atoms in total. The van der Waals surface area contributed by atoms with E-state index in [1.807, 2.05) is 34.6 Å². The third kappa shape index (κ3) is 6.02. The molecule has 1 fully saturated rings. The molecule has 1 saturated heterocycles. The number of hydrogen-bond donors (Lipinski definition) is 0. The van der Waals surface area contributed by atoms with Gasteiger partial charge in [-0.25, -0.2) is 4.21 Å². The van der Waals surface area contributed by atoms with Crippen LogP contribution in [0.4, 0.5) is 0 Å². The van der Waals surface area contributed by atoms with Crippen LogP contribution in [0.3, 0.4) is 0 Å². The summed E-state index contributed by atoms with van der Waals surface area (Å²) in [4.78, 5) is 0. The average Bonchev–Trinajstić information content (AvgIpc) is 2.71. The van der Waals surface area contributed by atoms with E-state index in [0.717, 1.165) is 0 Å². The summed E-state index contributed by atoms with van der Waals surface area (Å²) in [5.41, 5.74) is 0. The van der Waals surface area contributed by atoms with Crippen LogP contribution in [0.1, 0.15) is 55.4 Å². The molecular formula is C17H35NO4SSi. The fraction of sp³-hybridized carbons (Fsp3) is 0.941. The highest BCUT2D eigenvalue weighted by molar-refractivity contribution is 7.85. The van der Waals surface area contributed by atoms with Crippen LogP contribution in [-0.2, 0) is 24.9 Å². The maximum Gasteiger partial charge on any atom is 0.193 e. The molecule has 24 heavy (non-hydrogen) atoms. The molecule has 0 bridgehead atoms. The second-order valence-corrected chi connectivity index (χ2v) is 16.0. The van der Waals surface area contributed by atoms with Crippen molar-refractivity contribution in [2.45, 2.75) is 96.3 Å². The van der Waals surface area contributed by atoms with E-state index in [1.54, 1.807) is 6.21 Å². The summed E-state index contributed by atoms with van der Waals surface area (Å²) in [6, 6.07) is 0. The molecule has 0 aromatic rings. The minimum atomic E-state index is -2.03. The number of rotatable bonds is 5. The van der Waals surface area contributed by atoms with E-state index in [0.29, 0.717) is 6.61 Å². The lowest BCUT2D eigenvalue weighted by Crippen LogP contribution is -2.48. The first-order valence-electron chi connectivity index (χ1n) is 8.51. The van der Waals surface area contributed by atoms with Crippen molar-refractivity contribution in [3.63, 3.8) is 0 Å². The molecule has 3 atom stereocenters. The Bertz CT molecular complexity index is 492. The van der Waals surface area contributed by atoms with E-state index in [2.05, 4.69) is 38.3 Å². The summed E-state index contributed by atoms with van der Waals surface area (Å²) in [6.07, 6.45) is 1.06. The lowest BCUT2D eigenvalue weighted by Gasteiger charge is -2.39. The van der Waals surface area contributed by atoms with Gasteiger partial charge in [-0.1, -0.05) is 20.8 Å². The first-order valence-corrected chi connectivity index (χ1v) is 12.5. The van der Waals surface area contributed by atoms with Crippen molar-refractivity contribution in [3.8, 4) is 0 Å². The van der Waals surface area contributed by atoms with Gasteiger partial charge in [0.2, 0.25) is 0 Å². The molecule has 0 aromatic heterocycles. The Morgan fingerprint density at radius 2 is 1.79 bits per heavy atom. The molecule has 0 saturated carbocycles. The third-order valence-electron chi connectivity index (χ3n) is 4.46. The summed E-state index contributed by atoms with van der Waals surface area (Å²) in [6.45, 7) is 20.9. The summed E-state index contributed by atoms with van der Waals surface area (Å²) in [7, 11) is -3.34. The Labute approximate surface area is 151 Å². The van der Waals surface area contributed by atoms with Crippen molar-refractivity contribution >= 4 is 25.5 Å². The number of hydrogen-bond acceptors (Lipinski definition) is 4. The van der Waals surface area contributed by atoms with Crippen molar-refractivity contribution in [2.75, 3.05) is 6.61 Å². The minimum Gasteiger partial charge on any atom is -0.406 e. The van der Waals surface area contributed by atoms with E-state index in [9.17, 15) is 4.21 Å². The van der Waals surface area contributed by atoms with Gasteiger partial charge in [-0.2, -0.15) is 4.40 Å². The first kappa shape index (κ1) is 22.0. The Hall–Kier alpha value is -0.0831. The molecule has 7 heteroatoms. The molecule has 1 aliphatic heterocycles. The summed E-state index contributed by atoms with van der Waals surface area (Å²) >= 11 is 0. The second kappa shape index (κ2) is 7.27. The van der Waals surface area contributed by atoms with Gasteiger partial charge in [0.1, 0.15) is 23.2 Å². The van der Waals surface area contributed by atoms with Crippen molar-refractivity contribution < 1.29 is 18.1 Å². The van der Waals surface area contributed by atoms with Crippen LogP contribution in [0, 0.1) is 0 Å². The lowest BCUT2D eigenvalue weighted by molar-refractivity contribution is -0.144. The van der Waals surface area contributed by atoms with Gasteiger partial charge < -0.3 is 13.9 Å². The van der Waals surface area contributed by atoms with Crippen molar-refractivity contribution in [1.82, 2.24) is 0 Å². The van der Waals surface area contributed by atoms with Crippen molar-refractivity contribution in [1.29, 1.82) is 0 Å². The molecule has 1 rings (SSSR count). The van der Waals surface area contributed by atoms with Gasteiger partial charge >= 0.3 is 0 Å². The maximum atomic E-state index is 12.3. The van der Waals surface area contributed by atoms with E-state index in [4.69, 9.17) is 13.9 Å². The smallest absolute Gasteiger partial charge is 0.193 e. The van der Waals surface area contributed by atoms with Gasteiger partial charge in [0.25, 0.3) is 0 Å². The van der Waals surface area contributed by atoms with Crippen LogP contribution >= 0.6 is 0 Å². The van der Waals surface area contributed by atoms with Gasteiger partial charge in [0.15, 0.2) is 14.1 Å². The van der Waals surface area contributed by atoms with Crippen LogP contribution < -0.4 is 0 Å². The highest BCUT2D eigenvalue weighted by atomic mass is 32.2. The molecule has 0 aliphatic carbocycles. The number of nitrogens with zero attached hydrogens (tertiary/aromatic N) is 1. The predicted molar refractivity (Wildman–Crippen MR) is 103 cm³/mol. The van der Waals surface area contributed by atoms with Crippen molar-refractivity contribution in [2.24, 2.45) is 4.40 Å². The highest BCUT2D eigenvalue weighted by Crippen LogP contribution is 2.38. The third-order valence-corrected chi connectivity index (χ3v) is 10.3. The van der Waals surface area contributed by atoms with Crippen LogP contribution in [0.15, 0.2) is 4.40 Å². The summed E-state index contributed by atoms with van der Waals surface area (Å²) in [5, 5.41) is 0.0667.